The van der Waals surface area contributed by atoms with E-state index in [0.29, 0.717) is 6.04 Å². The van der Waals surface area contributed by atoms with Crippen LogP contribution in [0, 0.1) is 0 Å². The first-order chi connectivity index (χ1) is 9.63. The number of hydrogen-bond donors (Lipinski definition) is 1. The Morgan fingerprint density at radius 1 is 1.25 bits per heavy atom. The molecule has 2 fully saturated rings. The Balaban J connectivity index is 1.38. The van der Waals surface area contributed by atoms with E-state index in [9.17, 15) is 0 Å². The van der Waals surface area contributed by atoms with Gasteiger partial charge in [-0.1, -0.05) is 28.1 Å². The zero-order chi connectivity index (χ0) is 14.1. The first-order valence-electron chi connectivity index (χ1n) is 7.84. The first-order valence-corrected chi connectivity index (χ1v) is 8.63. The average molecular weight is 337 g/mol. The molecule has 1 aromatic carbocycles. The normalized spacial score (nSPS) is 27.4. The standard InChI is InChI=1S/C17H25BrN2/c1-12(20(2)17-7-8-17)11-19-16-9-14(10-16)13-3-5-15(18)6-4-13/h3-6,12,14,16-17,19H,7-11H2,1-2H3. The predicted octanol–water partition coefficient (Wildman–Crippen LogP) is 3.77. The molecule has 2 nitrogen and oxygen atoms in total. The minimum absolute atomic E-state index is 0.661. The number of nitrogens with one attached hydrogen (secondary N) is 1. The van der Waals surface area contributed by atoms with E-state index in [4.69, 9.17) is 0 Å². The Kier molecular flexibility index (Phi) is 4.49. The third-order valence-corrected chi connectivity index (χ3v) is 5.53. The minimum Gasteiger partial charge on any atom is -0.312 e. The molecule has 2 aliphatic carbocycles. The van der Waals surface area contributed by atoms with E-state index in [2.05, 4.69) is 64.4 Å². The molecule has 1 aromatic rings. The molecule has 3 rings (SSSR count). The molecule has 0 radical (unpaired) electrons. The van der Waals surface area contributed by atoms with Crippen LogP contribution in [-0.2, 0) is 0 Å². The van der Waals surface area contributed by atoms with Gasteiger partial charge in [-0.3, -0.25) is 4.90 Å². The van der Waals surface area contributed by atoms with Gasteiger partial charge in [-0.2, -0.15) is 0 Å². The van der Waals surface area contributed by atoms with Gasteiger partial charge in [0.1, 0.15) is 0 Å². The molecule has 3 heteroatoms. The minimum atomic E-state index is 0.661. The van der Waals surface area contributed by atoms with Crippen molar-refractivity contribution in [2.45, 2.75) is 56.7 Å². The fourth-order valence-corrected chi connectivity index (χ4v) is 3.38. The topological polar surface area (TPSA) is 15.3 Å². The maximum absolute atomic E-state index is 3.74. The second-order valence-corrected chi connectivity index (χ2v) is 7.49. The molecular weight excluding hydrogens is 312 g/mol. The molecule has 0 saturated heterocycles. The number of rotatable bonds is 6. The Morgan fingerprint density at radius 3 is 2.50 bits per heavy atom. The smallest absolute Gasteiger partial charge is 0.0192 e. The first kappa shape index (κ1) is 14.6. The third kappa shape index (κ3) is 3.44. The van der Waals surface area contributed by atoms with Crippen LogP contribution in [-0.4, -0.2) is 36.6 Å². The molecule has 0 aromatic heterocycles. The summed E-state index contributed by atoms with van der Waals surface area (Å²) in [4.78, 5) is 2.54. The van der Waals surface area contributed by atoms with Gasteiger partial charge < -0.3 is 5.32 Å². The maximum atomic E-state index is 3.74. The molecule has 0 spiro atoms. The lowest BCUT2D eigenvalue weighted by Crippen LogP contribution is -2.46. The van der Waals surface area contributed by atoms with E-state index in [1.165, 1.54) is 35.7 Å². The SMILES string of the molecule is CC(CNC1CC(c2ccc(Br)cc2)C1)N(C)C1CC1. The second kappa shape index (κ2) is 6.17. The van der Waals surface area contributed by atoms with Gasteiger partial charge in [0.15, 0.2) is 0 Å². The quantitative estimate of drug-likeness (QED) is 0.850. The van der Waals surface area contributed by atoms with E-state index in [1.54, 1.807) is 0 Å². The summed E-state index contributed by atoms with van der Waals surface area (Å²) in [7, 11) is 2.27. The van der Waals surface area contributed by atoms with Crippen molar-refractivity contribution in [2.75, 3.05) is 13.6 Å². The fourth-order valence-electron chi connectivity index (χ4n) is 3.11. The molecule has 0 heterocycles. The second-order valence-electron chi connectivity index (χ2n) is 6.57. The van der Waals surface area contributed by atoms with E-state index in [0.717, 1.165) is 24.5 Å². The fraction of sp³-hybridized carbons (Fsp3) is 0.647. The highest BCUT2D eigenvalue weighted by atomic mass is 79.9. The Hall–Kier alpha value is -0.380. The monoisotopic (exact) mass is 336 g/mol. The van der Waals surface area contributed by atoms with Crippen LogP contribution in [0.2, 0.25) is 0 Å². The summed E-state index contributed by atoms with van der Waals surface area (Å²) in [6, 6.07) is 11.1. The molecule has 20 heavy (non-hydrogen) atoms. The van der Waals surface area contributed by atoms with Gasteiger partial charge in [0.2, 0.25) is 0 Å². The van der Waals surface area contributed by atoms with Gasteiger partial charge in [0, 0.05) is 29.1 Å². The Bertz CT molecular complexity index is 435. The number of benzene rings is 1. The maximum Gasteiger partial charge on any atom is 0.0192 e. The third-order valence-electron chi connectivity index (χ3n) is 5.00. The van der Waals surface area contributed by atoms with Crippen molar-refractivity contribution < 1.29 is 0 Å². The van der Waals surface area contributed by atoms with Crippen LogP contribution in [0.3, 0.4) is 0 Å². The summed E-state index contributed by atoms with van der Waals surface area (Å²) in [6.07, 6.45) is 5.38. The van der Waals surface area contributed by atoms with Crippen molar-refractivity contribution >= 4 is 15.9 Å². The van der Waals surface area contributed by atoms with Crippen LogP contribution < -0.4 is 5.32 Å². The van der Waals surface area contributed by atoms with Crippen LogP contribution in [0.4, 0.5) is 0 Å². The van der Waals surface area contributed by atoms with Crippen LogP contribution in [0.15, 0.2) is 28.7 Å². The van der Waals surface area contributed by atoms with Crippen molar-refractivity contribution in [1.29, 1.82) is 0 Å². The highest BCUT2D eigenvalue weighted by Crippen LogP contribution is 2.37. The van der Waals surface area contributed by atoms with Crippen LogP contribution in [0.1, 0.15) is 44.1 Å². The van der Waals surface area contributed by atoms with Crippen molar-refractivity contribution in [3.63, 3.8) is 0 Å². The highest BCUT2D eigenvalue weighted by Gasteiger charge is 2.32. The van der Waals surface area contributed by atoms with Gasteiger partial charge in [-0.15, -0.1) is 0 Å². The van der Waals surface area contributed by atoms with Crippen LogP contribution in [0.25, 0.3) is 0 Å². The van der Waals surface area contributed by atoms with Crippen LogP contribution >= 0.6 is 15.9 Å². The Morgan fingerprint density at radius 2 is 1.90 bits per heavy atom. The molecule has 0 amide bonds. The highest BCUT2D eigenvalue weighted by molar-refractivity contribution is 9.10. The van der Waals surface area contributed by atoms with Gasteiger partial charge in [-0.25, -0.2) is 0 Å². The molecule has 2 saturated carbocycles. The molecule has 1 N–H and O–H groups in total. The zero-order valence-electron chi connectivity index (χ0n) is 12.5. The van der Waals surface area contributed by atoms with Crippen molar-refractivity contribution in [3.8, 4) is 0 Å². The van der Waals surface area contributed by atoms with Crippen molar-refractivity contribution in [3.05, 3.63) is 34.3 Å². The molecule has 110 valence electrons. The summed E-state index contributed by atoms with van der Waals surface area (Å²) in [5, 5.41) is 3.74. The lowest BCUT2D eigenvalue weighted by Gasteiger charge is -2.38. The molecule has 1 atom stereocenters. The lowest BCUT2D eigenvalue weighted by molar-refractivity contribution is 0.213. The molecule has 0 aliphatic heterocycles. The summed E-state index contributed by atoms with van der Waals surface area (Å²) in [6.45, 7) is 3.47. The van der Waals surface area contributed by atoms with E-state index in [1.807, 2.05) is 0 Å². The van der Waals surface area contributed by atoms with Crippen molar-refractivity contribution in [2.24, 2.45) is 0 Å². The molecule has 2 aliphatic rings. The summed E-state index contributed by atoms with van der Waals surface area (Å²) < 4.78 is 1.17. The largest absolute Gasteiger partial charge is 0.312 e. The zero-order valence-corrected chi connectivity index (χ0v) is 14.1. The molecular formula is C17H25BrN2. The number of likely N-dealkylation sites (N-methyl/N-ethyl adjacent to an activating group) is 1. The van der Waals surface area contributed by atoms with E-state index >= 15 is 0 Å². The van der Waals surface area contributed by atoms with Crippen LogP contribution in [0.5, 0.6) is 0 Å². The summed E-state index contributed by atoms with van der Waals surface area (Å²) >= 11 is 3.50. The summed E-state index contributed by atoms with van der Waals surface area (Å²) in [5.74, 6) is 0.761. The number of nitrogens with zero attached hydrogens (tertiary/aromatic N) is 1. The number of halogens is 1. The van der Waals surface area contributed by atoms with E-state index < -0.39 is 0 Å². The number of hydrogen-bond acceptors (Lipinski definition) is 2. The van der Waals surface area contributed by atoms with Gasteiger partial charge in [-0.05, 0) is 63.3 Å². The van der Waals surface area contributed by atoms with Gasteiger partial charge in [0.05, 0.1) is 0 Å². The average Bonchev–Trinajstić information content (AvgIpc) is 3.22. The van der Waals surface area contributed by atoms with Crippen molar-refractivity contribution in [1.82, 2.24) is 10.2 Å². The Labute approximate surface area is 131 Å². The molecule has 1 unspecified atom stereocenters. The van der Waals surface area contributed by atoms with Gasteiger partial charge in [0.25, 0.3) is 0 Å². The van der Waals surface area contributed by atoms with E-state index in [-0.39, 0.29) is 0 Å². The summed E-state index contributed by atoms with van der Waals surface area (Å²) in [5.41, 5.74) is 1.49. The van der Waals surface area contributed by atoms with Gasteiger partial charge >= 0.3 is 0 Å². The predicted molar refractivity (Wildman–Crippen MR) is 88.2 cm³/mol. The molecule has 0 bridgehead atoms. The lowest BCUT2D eigenvalue weighted by atomic mass is 9.76.